The minimum atomic E-state index is -2.50. The molecule has 3 aromatic rings. The molecular weight excluding hydrogens is 507 g/mol. The van der Waals surface area contributed by atoms with E-state index in [-0.39, 0.29) is 0 Å². The Kier molecular flexibility index (Phi) is 7.35. The van der Waals surface area contributed by atoms with Crippen molar-refractivity contribution < 1.29 is 9.30 Å². The largest absolute Gasteiger partial charge is 0.494 e. The van der Waals surface area contributed by atoms with Gasteiger partial charge in [-0.05, 0) is 68.8 Å². The molecule has 2 fully saturated rings. The zero-order valence-electron chi connectivity index (χ0n) is 21.6. The molecule has 3 N–H and O–H groups in total. The molecule has 0 unspecified atom stereocenters. The normalized spacial score (nSPS) is 17.1. The number of rotatable bonds is 7. The molecule has 2 aliphatic heterocycles. The van der Waals surface area contributed by atoms with Gasteiger partial charge in [-0.1, -0.05) is 23.7 Å². The Morgan fingerprint density at radius 3 is 2.57 bits per heavy atom. The standard InChI is InChI=1S/C27H34ClN6O2P/c1-36-23-16-19(34-14-11-27(12-15-34)10-13-29-18-27)8-9-21(23)32-26-30-17-20(28)25(33-26)31-22-6-4-5-7-24(22)37(2,3)35/h4-9,16-17,29H,10-15,18H2,1-3H3,(H2,30,31,32,33). The van der Waals surface area contributed by atoms with Crippen LogP contribution in [-0.4, -0.2) is 56.6 Å². The summed E-state index contributed by atoms with van der Waals surface area (Å²) in [6.07, 6.45) is 5.26. The summed E-state index contributed by atoms with van der Waals surface area (Å²) in [6.45, 7) is 7.88. The van der Waals surface area contributed by atoms with Crippen molar-refractivity contribution >= 4 is 52.9 Å². The first-order valence-corrected chi connectivity index (χ1v) is 15.6. The van der Waals surface area contributed by atoms with E-state index in [0.29, 0.717) is 27.9 Å². The Morgan fingerprint density at radius 1 is 1.08 bits per heavy atom. The molecule has 3 heterocycles. The van der Waals surface area contributed by atoms with Crippen molar-refractivity contribution in [1.29, 1.82) is 0 Å². The molecular formula is C27H34ClN6O2P. The van der Waals surface area contributed by atoms with Crippen LogP contribution in [0.25, 0.3) is 0 Å². The van der Waals surface area contributed by atoms with Gasteiger partial charge in [0.2, 0.25) is 5.95 Å². The van der Waals surface area contributed by atoms with E-state index in [2.05, 4.69) is 43.0 Å². The maximum atomic E-state index is 12.8. The lowest BCUT2D eigenvalue weighted by molar-refractivity contribution is 0.247. The summed E-state index contributed by atoms with van der Waals surface area (Å²) in [4.78, 5) is 11.4. The topological polar surface area (TPSA) is 91.4 Å². The minimum Gasteiger partial charge on any atom is -0.494 e. The van der Waals surface area contributed by atoms with Gasteiger partial charge in [-0.25, -0.2) is 4.98 Å². The Hall–Kier alpha value is -2.80. The molecule has 2 aliphatic rings. The van der Waals surface area contributed by atoms with Gasteiger partial charge in [-0.15, -0.1) is 0 Å². The lowest BCUT2D eigenvalue weighted by atomic mass is 9.78. The number of para-hydroxylation sites is 1. The number of ether oxygens (including phenoxy) is 1. The number of anilines is 5. The van der Waals surface area contributed by atoms with Gasteiger partial charge in [-0.3, -0.25) is 0 Å². The number of nitrogens with zero attached hydrogens (tertiary/aromatic N) is 3. The maximum absolute atomic E-state index is 12.8. The van der Waals surface area contributed by atoms with Crippen LogP contribution in [0.2, 0.25) is 5.02 Å². The van der Waals surface area contributed by atoms with Crippen LogP contribution in [0.15, 0.2) is 48.7 Å². The fourth-order valence-corrected chi connectivity index (χ4v) is 6.55. The van der Waals surface area contributed by atoms with Crippen LogP contribution in [0.1, 0.15) is 19.3 Å². The average molecular weight is 541 g/mol. The van der Waals surface area contributed by atoms with E-state index < -0.39 is 7.14 Å². The summed E-state index contributed by atoms with van der Waals surface area (Å²) in [5, 5.41) is 11.1. The number of hydrogen-bond acceptors (Lipinski definition) is 8. The molecule has 0 saturated carbocycles. The highest BCUT2D eigenvalue weighted by Gasteiger charge is 2.37. The van der Waals surface area contributed by atoms with Gasteiger partial charge in [0.25, 0.3) is 0 Å². The number of nitrogens with one attached hydrogen (secondary N) is 3. The molecule has 0 aliphatic carbocycles. The lowest BCUT2D eigenvalue weighted by Crippen LogP contribution is -2.41. The first kappa shape index (κ1) is 25.8. The fourth-order valence-electron chi connectivity index (χ4n) is 5.25. The molecule has 8 nitrogen and oxygen atoms in total. The molecule has 1 spiro atoms. The lowest BCUT2D eigenvalue weighted by Gasteiger charge is -2.40. The van der Waals surface area contributed by atoms with Crippen LogP contribution in [0.3, 0.4) is 0 Å². The van der Waals surface area contributed by atoms with Gasteiger partial charge in [-0.2, -0.15) is 4.98 Å². The Bertz CT molecular complexity index is 1310. The zero-order chi connectivity index (χ0) is 26.0. The van der Waals surface area contributed by atoms with Gasteiger partial charge < -0.3 is 30.2 Å². The SMILES string of the molecule is COc1cc(N2CCC3(CCNC3)CC2)ccc1Nc1ncc(Cl)c(Nc2ccccc2P(C)(C)=O)n1. The van der Waals surface area contributed by atoms with Gasteiger partial charge in [0.05, 0.1) is 24.7 Å². The van der Waals surface area contributed by atoms with Crippen molar-refractivity contribution in [1.82, 2.24) is 15.3 Å². The van der Waals surface area contributed by atoms with Crippen molar-refractivity contribution in [3.05, 3.63) is 53.7 Å². The predicted octanol–water partition coefficient (Wildman–Crippen LogP) is 5.45. The van der Waals surface area contributed by atoms with Crippen LogP contribution in [-0.2, 0) is 4.57 Å². The quantitative estimate of drug-likeness (QED) is 0.341. The molecule has 0 atom stereocenters. The van der Waals surface area contributed by atoms with Crippen LogP contribution in [0.4, 0.5) is 28.8 Å². The van der Waals surface area contributed by atoms with Crippen molar-refractivity contribution in [3.63, 3.8) is 0 Å². The van der Waals surface area contributed by atoms with Gasteiger partial charge >= 0.3 is 0 Å². The first-order chi connectivity index (χ1) is 17.8. The van der Waals surface area contributed by atoms with Gasteiger partial charge in [0.15, 0.2) is 5.82 Å². The number of benzene rings is 2. The second-order valence-electron chi connectivity index (χ2n) is 10.3. The van der Waals surface area contributed by atoms with Crippen LogP contribution in [0.5, 0.6) is 5.75 Å². The predicted molar refractivity (Wildman–Crippen MR) is 153 cm³/mol. The van der Waals surface area contributed by atoms with Crippen LogP contribution in [0, 0.1) is 5.41 Å². The fraction of sp³-hybridized carbons (Fsp3) is 0.407. The second-order valence-corrected chi connectivity index (χ2v) is 13.9. The molecule has 1 aromatic heterocycles. The molecule has 37 heavy (non-hydrogen) atoms. The first-order valence-electron chi connectivity index (χ1n) is 12.6. The van der Waals surface area contributed by atoms with Gasteiger partial charge in [0, 0.05) is 36.7 Å². The van der Waals surface area contributed by atoms with Crippen molar-refractivity contribution in [2.24, 2.45) is 5.41 Å². The third-order valence-electron chi connectivity index (χ3n) is 7.43. The Labute approximate surface area is 223 Å². The molecule has 0 bridgehead atoms. The van der Waals surface area contributed by atoms with E-state index in [0.717, 1.165) is 48.6 Å². The molecule has 0 amide bonds. The molecule has 0 radical (unpaired) electrons. The molecule has 5 rings (SSSR count). The smallest absolute Gasteiger partial charge is 0.229 e. The van der Waals surface area contributed by atoms with Crippen molar-refractivity contribution in [2.45, 2.75) is 19.3 Å². The summed E-state index contributed by atoms with van der Waals surface area (Å²) in [7, 11) is -0.831. The van der Waals surface area contributed by atoms with Crippen molar-refractivity contribution in [3.8, 4) is 5.75 Å². The van der Waals surface area contributed by atoms with E-state index in [9.17, 15) is 4.57 Å². The number of piperidine rings is 1. The number of hydrogen-bond donors (Lipinski definition) is 3. The highest BCUT2D eigenvalue weighted by Crippen LogP contribution is 2.41. The highest BCUT2D eigenvalue weighted by molar-refractivity contribution is 7.70. The zero-order valence-corrected chi connectivity index (χ0v) is 23.2. The Balaban J connectivity index is 1.33. The van der Waals surface area contributed by atoms with E-state index in [4.69, 9.17) is 16.3 Å². The summed E-state index contributed by atoms with van der Waals surface area (Å²) in [5.74, 6) is 1.52. The van der Waals surface area contributed by atoms with E-state index in [1.54, 1.807) is 26.6 Å². The Morgan fingerprint density at radius 2 is 1.86 bits per heavy atom. The monoisotopic (exact) mass is 540 g/mol. The number of methoxy groups -OCH3 is 1. The average Bonchev–Trinajstić information content (AvgIpc) is 3.34. The highest BCUT2D eigenvalue weighted by atomic mass is 35.5. The molecule has 10 heteroatoms. The third kappa shape index (κ3) is 5.71. The summed E-state index contributed by atoms with van der Waals surface area (Å²) in [6, 6.07) is 13.7. The third-order valence-corrected chi connectivity index (χ3v) is 9.26. The maximum Gasteiger partial charge on any atom is 0.229 e. The minimum absolute atomic E-state index is 0.366. The van der Waals surface area contributed by atoms with Crippen LogP contribution >= 0.6 is 18.7 Å². The van der Waals surface area contributed by atoms with Crippen LogP contribution < -0.4 is 30.9 Å². The van der Waals surface area contributed by atoms with E-state index in [1.807, 2.05) is 30.3 Å². The molecule has 2 saturated heterocycles. The molecule has 2 aromatic carbocycles. The number of halogens is 1. The summed E-state index contributed by atoms with van der Waals surface area (Å²) in [5.41, 5.74) is 3.11. The molecule has 196 valence electrons. The second kappa shape index (κ2) is 10.5. The van der Waals surface area contributed by atoms with Crippen molar-refractivity contribution in [2.75, 3.05) is 62.2 Å². The van der Waals surface area contributed by atoms with Gasteiger partial charge in [0.1, 0.15) is 17.9 Å². The summed E-state index contributed by atoms with van der Waals surface area (Å²) >= 11 is 6.41. The van der Waals surface area contributed by atoms with E-state index >= 15 is 0 Å². The number of aromatic nitrogens is 2. The summed E-state index contributed by atoms with van der Waals surface area (Å²) < 4.78 is 18.5. The van der Waals surface area contributed by atoms with E-state index in [1.165, 1.54) is 19.3 Å².